The van der Waals surface area contributed by atoms with Crippen LogP contribution in [0.2, 0.25) is 19.6 Å². The summed E-state index contributed by atoms with van der Waals surface area (Å²) in [4.78, 5) is 12.8. The summed E-state index contributed by atoms with van der Waals surface area (Å²) in [5.74, 6) is -3.44. The highest BCUT2D eigenvalue weighted by Crippen LogP contribution is 2.44. The van der Waals surface area contributed by atoms with Crippen molar-refractivity contribution in [2.24, 2.45) is 11.8 Å². The molecule has 0 aliphatic heterocycles. The van der Waals surface area contributed by atoms with Crippen molar-refractivity contribution in [2.45, 2.75) is 38.3 Å². The monoisotopic (exact) mass is 372 g/mol. The van der Waals surface area contributed by atoms with E-state index in [4.69, 9.17) is 9.16 Å². The van der Waals surface area contributed by atoms with Crippen molar-refractivity contribution in [2.75, 3.05) is 7.11 Å². The third-order valence-electron chi connectivity index (χ3n) is 4.05. The highest BCUT2D eigenvalue weighted by molar-refractivity contribution is 6.70. The molecule has 3 atom stereocenters. The zero-order chi connectivity index (χ0) is 18.8. The molecule has 0 heterocycles. The molecule has 1 aliphatic carbocycles. The van der Waals surface area contributed by atoms with Crippen molar-refractivity contribution in [3.8, 4) is 0 Å². The fourth-order valence-corrected chi connectivity index (χ4v) is 4.00. The lowest BCUT2D eigenvalue weighted by molar-refractivity contribution is -0.195. The van der Waals surface area contributed by atoms with Crippen LogP contribution in [0.4, 0.5) is 13.2 Å². The number of rotatable bonds is 5. The number of alkyl halides is 3. The predicted octanol–water partition coefficient (Wildman–Crippen LogP) is 4.82. The predicted molar refractivity (Wildman–Crippen MR) is 91.7 cm³/mol. The minimum Gasteiger partial charge on any atom is -0.547 e. The molecule has 0 amide bonds. The third kappa shape index (κ3) is 4.95. The highest BCUT2D eigenvalue weighted by Gasteiger charge is 2.52. The van der Waals surface area contributed by atoms with Gasteiger partial charge in [0.2, 0.25) is 8.32 Å². The van der Waals surface area contributed by atoms with E-state index in [1.54, 1.807) is 18.2 Å². The van der Waals surface area contributed by atoms with Crippen LogP contribution in [-0.4, -0.2) is 33.5 Å². The summed E-state index contributed by atoms with van der Waals surface area (Å²) in [7, 11) is -0.748. The number of hydrogen-bond acceptors (Lipinski definition) is 3. The van der Waals surface area contributed by atoms with Crippen LogP contribution in [0.25, 0.3) is 0 Å². The lowest BCUT2D eigenvalue weighted by Crippen LogP contribution is -2.45. The molecule has 3 nitrogen and oxygen atoms in total. The average molecular weight is 372 g/mol. The molecule has 1 aliphatic rings. The summed E-state index contributed by atoms with van der Waals surface area (Å²) in [6.07, 6.45) is -4.30. The van der Waals surface area contributed by atoms with Gasteiger partial charge in [0, 0.05) is 19.1 Å². The quantitative estimate of drug-likeness (QED) is 0.549. The van der Waals surface area contributed by atoms with Crippen LogP contribution in [0, 0.1) is 11.8 Å². The minimum absolute atomic E-state index is 0.256. The molecule has 7 heteroatoms. The molecule has 0 saturated carbocycles. The second kappa shape index (κ2) is 7.33. The van der Waals surface area contributed by atoms with E-state index < -0.39 is 38.2 Å². The van der Waals surface area contributed by atoms with E-state index in [9.17, 15) is 18.0 Å². The minimum atomic E-state index is -4.52. The molecule has 0 radical (unpaired) electrons. The standard InChI is InChI=1S/C18H23F3O3Si/c1-23-15-11-13(24-25(2,3)4)10-14(18(19,20)21)16(15)17(22)12-8-6-5-7-9-12/h5-9,11,14-16H,10H2,1-4H3/t14-,15?,16+/m0/s1. The van der Waals surface area contributed by atoms with Gasteiger partial charge in [0.1, 0.15) is 0 Å². The molecule has 1 aromatic rings. The van der Waals surface area contributed by atoms with Gasteiger partial charge in [-0.3, -0.25) is 4.79 Å². The van der Waals surface area contributed by atoms with Gasteiger partial charge in [-0.25, -0.2) is 0 Å². The Morgan fingerprint density at radius 3 is 2.24 bits per heavy atom. The van der Waals surface area contributed by atoms with Crippen molar-refractivity contribution < 1.29 is 27.1 Å². The van der Waals surface area contributed by atoms with Crippen LogP contribution in [0.3, 0.4) is 0 Å². The van der Waals surface area contributed by atoms with Crippen molar-refractivity contribution >= 4 is 14.1 Å². The molecule has 1 unspecified atom stereocenters. The zero-order valence-corrected chi connectivity index (χ0v) is 15.8. The SMILES string of the molecule is COC1C=C(O[Si](C)(C)C)C[C@H](C(F)(F)F)[C@H]1C(=O)c1ccccc1. The van der Waals surface area contributed by atoms with Gasteiger partial charge >= 0.3 is 6.18 Å². The van der Waals surface area contributed by atoms with Gasteiger partial charge in [0.25, 0.3) is 0 Å². The molecule has 1 aromatic carbocycles. The van der Waals surface area contributed by atoms with Crippen LogP contribution in [0.5, 0.6) is 0 Å². The molecule has 0 saturated heterocycles. The van der Waals surface area contributed by atoms with Crippen LogP contribution < -0.4 is 0 Å². The number of carbonyl (C=O) groups excluding carboxylic acids is 1. The van der Waals surface area contributed by atoms with E-state index in [0.29, 0.717) is 0 Å². The molecule has 0 aromatic heterocycles. The molecule has 0 bridgehead atoms. The second-order valence-corrected chi connectivity index (χ2v) is 11.6. The Hall–Kier alpha value is -1.60. The first-order valence-electron chi connectivity index (χ1n) is 8.11. The molecule has 138 valence electrons. The molecule has 0 N–H and O–H groups in total. The Kier molecular flexibility index (Phi) is 5.78. The topological polar surface area (TPSA) is 35.5 Å². The van der Waals surface area contributed by atoms with E-state index in [2.05, 4.69) is 0 Å². The summed E-state index contributed by atoms with van der Waals surface area (Å²) in [5.41, 5.74) is 0.256. The number of hydrogen-bond donors (Lipinski definition) is 0. The van der Waals surface area contributed by atoms with Crippen molar-refractivity contribution in [3.05, 3.63) is 47.7 Å². The third-order valence-corrected chi connectivity index (χ3v) is 4.92. The molecule has 2 rings (SSSR count). The number of ketones is 1. The van der Waals surface area contributed by atoms with Crippen molar-refractivity contribution in [1.29, 1.82) is 0 Å². The van der Waals surface area contributed by atoms with E-state index >= 15 is 0 Å². The van der Waals surface area contributed by atoms with E-state index in [-0.39, 0.29) is 17.7 Å². The van der Waals surface area contributed by atoms with Gasteiger partial charge in [-0.05, 0) is 25.7 Å². The number of allylic oxidation sites excluding steroid dienone is 1. The van der Waals surface area contributed by atoms with Gasteiger partial charge in [0.15, 0.2) is 5.78 Å². The molecular weight excluding hydrogens is 349 g/mol. The Morgan fingerprint density at radius 1 is 1.16 bits per heavy atom. The summed E-state index contributed by atoms with van der Waals surface area (Å²) in [5, 5.41) is 0. The molecular formula is C18H23F3O3Si. The summed E-state index contributed by atoms with van der Waals surface area (Å²) in [6.45, 7) is 5.71. The smallest absolute Gasteiger partial charge is 0.393 e. The fraction of sp³-hybridized carbons (Fsp3) is 0.500. The molecule has 25 heavy (non-hydrogen) atoms. The first-order chi connectivity index (χ1) is 11.5. The number of carbonyl (C=O) groups is 1. The number of ether oxygens (including phenoxy) is 1. The van der Waals surface area contributed by atoms with E-state index in [0.717, 1.165) is 0 Å². The van der Waals surface area contributed by atoms with Crippen molar-refractivity contribution in [3.63, 3.8) is 0 Å². The van der Waals surface area contributed by atoms with Gasteiger partial charge in [0.05, 0.1) is 23.7 Å². The lowest BCUT2D eigenvalue weighted by Gasteiger charge is -2.38. The van der Waals surface area contributed by atoms with Crippen molar-refractivity contribution in [1.82, 2.24) is 0 Å². The van der Waals surface area contributed by atoms with Gasteiger partial charge in [-0.15, -0.1) is 0 Å². The maximum absolute atomic E-state index is 13.7. The summed E-state index contributed by atoms with van der Waals surface area (Å²) >= 11 is 0. The van der Waals surface area contributed by atoms with E-state index in [1.807, 2.05) is 19.6 Å². The first-order valence-corrected chi connectivity index (χ1v) is 11.5. The Morgan fingerprint density at radius 2 is 1.76 bits per heavy atom. The number of methoxy groups -OCH3 is 1. The highest BCUT2D eigenvalue weighted by atomic mass is 28.4. The first kappa shape index (κ1) is 19.7. The lowest BCUT2D eigenvalue weighted by atomic mass is 9.75. The maximum atomic E-state index is 13.7. The summed E-state index contributed by atoms with van der Waals surface area (Å²) < 4.78 is 52.1. The van der Waals surface area contributed by atoms with Gasteiger partial charge < -0.3 is 9.16 Å². The summed E-state index contributed by atoms with van der Waals surface area (Å²) in [6, 6.07) is 8.04. The average Bonchev–Trinajstić information content (AvgIpc) is 2.52. The second-order valence-electron chi connectivity index (χ2n) is 7.16. The number of halogens is 3. The van der Waals surface area contributed by atoms with Crippen LogP contribution in [0.15, 0.2) is 42.2 Å². The zero-order valence-electron chi connectivity index (χ0n) is 14.8. The van der Waals surface area contributed by atoms with Crippen LogP contribution in [0.1, 0.15) is 16.8 Å². The number of Topliss-reactive ketones (excluding diaryl/α,β-unsaturated/α-hetero) is 1. The molecule has 0 fully saturated rings. The number of benzene rings is 1. The van der Waals surface area contributed by atoms with Crippen LogP contribution >= 0.6 is 0 Å². The molecule has 0 spiro atoms. The van der Waals surface area contributed by atoms with Crippen LogP contribution in [-0.2, 0) is 9.16 Å². The largest absolute Gasteiger partial charge is 0.547 e. The fourth-order valence-electron chi connectivity index (χ4n) is 3.06. The Balaban J connectivity index is 2.42. The Bertz CT molecular complexity index is 635. The Labute approximate surface area is 147 Å². The normalized spacial score (nSPS) is 24.6. The van der Waals surface area contributed by atoms with Gasteiger partial charge in [-0.2, -0.15) is 13.2 Å². The maximum Gasteiger partial charge on any atom is 0.393 e. The van der Waals surface area contributed by atoms with E-state index in [1.165, 1.54) is 25.3 Å². The van der Waals surface area contributed by atoms with Gasteiger partial charge in [-0.1, -0.05) is 30.3 Å².